The lowest BCUT2D eigenvalue weighted by Crippen LogP contribution is -2.65. The summed E-state index contributed by atoms with van der Waals surface area (Å²) in [7, 11) is 0. The molecule has 5 rings (SSSR count). The van der Waals surface area contributed by atoms with Crippen LogP contribution in [0.1, 0.15) is 120 Å². The van der Waals surface area contributed by atoms with Gasteiger partial charge in [0.2, 0.25) is 0 Å². The highest BCUT2D eigenvalue weighted by atomic mass is 16.4. The molecule has 0 aromatic rings. The first-order valence-corrected chi connectivity index (χ1v) is 16.9. The van der Waals surface area contributed by atoms with Crippen molar-refractivity contribution in [1.29, 1.82) is 0 Å². The van der Waals surface area contributed by atoms with Gasteiger partial charge in [-0.05, 0) is 133 Å². The Bertz CT molecular complexity index is 960. The molecule has 0 aromatic heterocycles. The van der Waals surface area contributed by atoms with E-state index in [9.17, 15) is 15.3 Å². The van der Waals surface area contributed by atoms with Crippen molar-refractivity contribution in [3.8, 4) is 0 Å². The number of hydrogen-bond donors (Lipinski definition) is 4. The molecule has 4 saturated carbocycles. The first kappa shape index (κ1) is 31.0. The van der Waals surface area contributed by atoms with Crippen LogP contribution in [0.2, 0.25) is 0 Å². The molecule has 5 aliphatic rings. The van der Waals surface area contributed by atoms with E-state index in [1.807, 2.05) is 0 Å². The Morgan fingerprint density at radius 2 is 1.30 bits per heavy atom. The summed E-state index contributed by atoms with van der Waals surface area (Å²) in [6, 6.07) is 0. The lowest BCUT2D eigenvalue weighted by molar-refractivity contribution is -0.205. The number of hydrogen-bond acceptors (Lipinski definition) is 4. The molecule has 0 saturated heterocycles. The molecule has 230 valence electrons. The molecule has 40 heavy (non-hydrogen) atoms. The van der Waals surface area contributed by atoms with E-state index in [4.69, 9.17) is 5.11 Å². The third-order valence-electron chi connectivity index (χ3n) is 15.6. The predicted octanol–water partition coefficient (Wildman–Crippen LogP) is 6.99. The van der Waals surface area contributed by atoms with Gasteiger partial charge in [0.05, 0.1) is 12.7 Å². The second kappa shape index (κ2) is 10.3. The summed E-state index contributed by atoms with van der Waals surface area (Å²) in [5.41, 5.74) is 1.81. The van der Waals surface area contributed by atoms with Crippen LogP contribution in [0.4, 0.5) is 0 Å². The van der Waals surface area contributed by atoms with Crippen molar-refractivity contribution in [3.63, 3.8) is 0 Å². The van der Waals surface area contributed by atoms with Gasteiger partial charge < -0.3 is 20.4 Å². The number of rotatable bonds is 7. The van der Waals surface area contributed by atoms with Crippen LogP contribution in [-0.2, 0) is 0 Å². The van der Waals surface area contributed by atoms with Crippen molar-refractivity contribution in [2.24, 2.45) is 68.5 Å². The topological polar surface area (TPSA) is 80.9 Å². The van der Waals surface area contributed by atoms with Gasteiger partial charge in [-0.1, -0.05) is 67.5 Å². The zero-order valence-corrected chi connectivity index (χ0v) is 27.0. The highest BCUT2D eigenvalue weighted by Crippen LogP contribution is 2.76. The second-order valence-corrected chi connectivity index (χ2v) is 17.2. The maximum absolute atomic E-state index is 10.4. The van der Waals surface area contributed by atoms with Crippen LogP contribution >= 0.6 is 0 Å². The van der Waals surface area contributed by atoms with Gasteiger partial charge in [0.25, 0.3) is 0 Å². The van der Waals surface area contributed by atoms with Crippen molar-refractivity contribution in [2.75, 3.05) is 6.61 Å². The molecule has 4 fully saturated rings. The summed E-state index contributed by atoms with van der Waals surface area (Å²) < 4.78 is 0. The van der Waals surface area contributed by atoms with Gasteiger partial charge in [-0.3, -0.25) is 0 Å². The molecule has 0 heterocycles. The Morgan fingerprint density at radius 3 is 1.93 bits per heavy atom. The van der Waals surface area contributed by atoms with E-state index >= 15 is 0 Å². The maximum Gasteiger partial charge on any atom is 0.108 e. The fourth-order valence-corrected chi connectivity index (χ4v) is 12.5. The van der Waals surface area contributed by atoms with Crippen molar-refractivity contribution < 1.29 is 20.4 Å². The first-order valence-electron chi connectivity index (χ1n) is 16.9. The monoisotopic (exact) mass is 558 g/mol. The maximum atomic E-state index is 10.4. The lowest BCUT2D eigenvalue weighted by atomic mass is 9.33. The van der Waals surface area contributed by atoms with Gasteiger partial charge >= 0.3 is 0 Å². The molecule has 0 radical (unpaired) electrons. The largest absolute Gasteiger partial charge is 0.394 e. The summed E-state index contributed by atoms with van der Waals surface area (Å²) in [5.74, 6) is 4.74. The molecule has 5 aliphatic carbocycles. The standard InChI is InChI=1S/C36H62O4/c1-22(9-10-26(38)31(40)27(39)21-37)24-14-18-33(5)25(24)15-19-35(7)29(33)11-12-30-34(6)17-13-23(2)32(3,4)28(34)16-20-36(30,35)8/h11-12,22-31,37-40H,9-10,13-21H2,1-8H3/t22-,23+,24-,25+,26-,27-,28+,29-,30-,31-,33+,34+,35-,36-/m1/s1. The summed E-state index contributed by atoms with van der Waals surface area (Å²) in [4.78, 5) is 0. The Kier molecular flexibility index (Phi) is 8.02. The molecule has 0 amide bonds. The van der Waals surface area contributed by atoms with Crippen molar-refractivity contribution in [2.45, 2.75) is 138 Å². The van der Waals surface area contributed by atoms with Crippen LogP contribution in [0.25, 0.3) is 0 Å². The SMILES string of the molecule is C[C@H](CC[C@@H](O)[C@@H](O)[C@H](O)CO)[C@H]1CC[C@]2(C)[C@H]3C=C[C@@H]4[C@@]5(C)CC[C@H](C)C(C)(C)[C@@H]5CC[C@@]4(C)[C@]3(C)CC[C@@H]12. The van der Waals surface area contributed by atoms with Crippen molar-refractivity contribution in [3.05, 3.63) is 12.2 Å². The zero-order chi connectivity index (χ0) is 29.5. The molecule has 4 N–H and O–H groups in total. The fourth-order valence-electron chi connectivity index (χ4n) is 12.5. The smallest absolute Gasteiger partial charge is 0.108 e. The van der Waals surface area contributed by atoms with E-state index < -0.39 is 24.9 Å². The molecular formula is C36H62O4. The van der Waals surface area contributed by atoms with Gasteiger partial charge in [-0.15, -0.1) is 0 Å². The minimum atomic E-state index is -1.28. The summed E-state index contributed by atoms with van der Waals surface area (Å²) in [5, 5.41) is 39.5. The first-order chi connectivity index (χ1) is 18.6. The van der Waals surface area contributed by atoms with E-state index in [1.54, 1.807) is 0 Å². The number of allylic oxidation sites excluding steroid dienone is 2. The van der Waals surface area contributed by atoms with Gasteiger partial charge in [0, 0.05) is 0 Å². The molecular weight excluding hydrogens is 496 g/mol. The van der Waals surface area contributed by atoms with Gasteiger partial charge in [0.15, 0.2) is 0 Å². The molecule has 0 aliphatic heterocycles. The van der Waals surface area contributed by atoms with Crippen LogP contribution in [0, 0.1) is 68.5 Å². The normalized spacial score (nSPS) is 50.6. The van der Waals surface area contributed by atoms with E-state index in [-0.39, 0.29) is 0 Å². The molecule has 14 atom stereocenters. The summed E-state index contributed by atoms with van der Waals surface area (Å²) >= 11 is 0. The van der Waals surface area contributed by atoms with Gasteiger partial charge in [-0.25, -0.2) is 0 Å². The lowest BCUT2D eigenvalue weighted by Gasteiger charge is -2.71. The van der Waals surface area contributed by atoms with E-state index in [0.29, 0.717) is 63.1 Å². The minimum absolute atomic E-state index is 0.319. The van der Waals surface area contributed by atoms with Crippen molar-refractivity contribution in [1.82, 2.24) is 0 Å². The average Bonchev–Trinajstić information content (AvgIpc) is 3.26. The Labute approximate surface area is 245 Å². The van der Waals surface area contributed by atoms with Crippen LogP contribution in [-0.4, -0.2) is 45.3 Å². The van der Waals surface area contributed by atoms with Gasteiger partial charge in [0.1, 0.15) is 12.2 Å². The highest BCUT2D eigenvalue weighted by molar-refractivity contribution is 5.27. The Hall–Kier alpha value is -0.420. The van der Waals surface area contributed by atoms with Crippen molar-refractivity contribution >= 4 is 0 Å². The van der Waals surface area contributed by atoms with E-state index in [0.717, 1.165) is 18.3 Å². The third-order valence-corrected chi connectivity index (χ3v) is 15.6. The Balaban J connectivity index is 1.36. The van der Waals surface area contributed by atoms with Crippen LogP contribution < -0.4 is 0 Å². The number of fused-ring (bicyclic) bond motifs is 7. The van der Waals surface area contributed by atoms with Crippen LogP contribution in [0.15, 0.2) is 12.2 Å². The second-order valence-electron chi connectivity index (χ2n) is 17.2. The number of aliphatic hydroxyl groups excluding tert-OH is 4. The molecule has 0 unspecified atom stereocenters. The third kappa shape index (κ3) is 4.27. The zero-order valence-electron chi connectivity index (χ0n) is 27.0. The Morgan fingerprint density at radius 1 is 0.725 bits per heavy atom. The summed E-state index contributed by atoms with van der Waals surface area (Å²) in [6.45, 7) is 20.1. The average molecular weight is 559 g/mol. The van der Waals surface area contributed by atoms with Crippen LogP contribution in [0.5, 0.6) is 0 Å². The summed E-state index contributed by atoms with van der Waals surface area (Å²) in [6.07, 6.45) is 13.9. The number of aliphatic hydroxyl groups is 4. The quantitative estimate of drug-likeness (QED) is 0.254. The van der Waals surface area contributed by atoms with E-state index in [2.05, 4.69) is 67.5 Å². The molecule has 4 heteroatoms. The minimum Gasteiger partial charge on any atom is -0.394 e. The highest BCUT2D eigenvalue weighted by Gasteiger charge is 2.69. The molecule has 4 nitrogen and oxygen atoms in total. The van der Waals surface area contributed by atoms with E-state index in [1.165, 1.54) is 51.4 Å². The molecule has 0 bridgehead atoms. The van der Waals surface area contributed by atoms with Gasteiger partial charge in [-0.2, -0.15) is 0 Å². The molecule has 0 aromatic carbocycles. The fraction of sp³-hybridized carbons (Fsp3) is 0.944. The predicted molar refractivity (Wildman–Crippen MR) is 162 cm³/mol. The van der Waals surface area contributed by atoms with Crippen LogP contribution in [0.3, 0.4) is 0 Å². The molecule has 0 spiro atoms.